The molecule has 11 heteroatoms. The standard InChI is InChI=1S/C11H25NO8P2/c1-5-17-21(15,18-6-2)11(9-10-12(13)14)22(16,19-7-3)20-8-4/h11H,5-10H2,1-4H3. The number of nitrogens with zero attached hydrogens (tertiary/aromatic N) is 1. The summed E-state index contributed by atoms with van der Waals surface area (Å²) < 4.78 is 46.6. The molecular formula is C11H25NO8P2. The summed E-state index contributed by atoms with van der Waals surface area (Å²) in [4.78, 5) is 10.1. The molecule has 0 radical (unpaired) electrons. The van der Waals surface area contributed by atoms with E-state index >= 15 is 0 Å². The summed E-state index contributed by atoms with van der Waals surface area (Å²) in [6.07, 6.45) is -0.290. The number of hydrogen-bond donors (Lipinski definition) is 0. The Morgan fingerprint density at radius 2 is 1.18 bits per heavy atom. The Hall–Kier alpha value is -0.300. The largest absolute Gasteiger partial charge is 0.346 e. The summed E-state index contributed by atoms with van der Waals surface area (Å²) in [6, 6.07) is 0. The Morgan fingerprint density at radius 3 is 1.41 bits per heavy atom. The molecule has 0 aromatic carbocycles. The minimum atomic E-state index is -3.88. The third kappa shape index (κ3) is 6.44. The van der Waals surface area contributed by atoms with E-state index in [2.05, 4.69) is 0 Å². The predicted molar refractivity (Wildman–Crippen MR) is 82.0 cm³/mol. The van der Waals surface area contributed by atoms with Gasteiger partial charge in [-0.25, -0.2) is 0 Å². The van der Waals surface area contributed by atoms with E-state index in [9.17, 15) is 19.2 Å². The van der Waals surface area contributed by atoms with Crippen molar-refractivity contribution in [2.45, 2.75) is 39.5 Å². The van der Waals surface area contributed by atoms with Gasteiger partial charge in [-0.15, -0.1) is 0 Å². The Kier molecular flexibility index (Phi) is 10.3. The fourth-order valence-corrected chi connectivity index (χ4v) is 7.17. The maximum Gasteiger partial charge on any atom is 0.346 e. The molecule has 0 aliphatic rings. The number of hydrogen-bond acceptors (Lipinski definition) is 8. The molecule has 0 aliphatic heterocycles. The van der Waals surface area contributed by atoms with E-state index in [4.69, 9.17) is 18.1 Å². The van der Waals surface area contributed by atoms with Gasteiger partial charge in [0.25, 0.3) is 0 Å². The molecule has 0 fully saturated rings. The summed E-state index contributed by atoms with van der Waals surface area (Å²) in [5.74, 6) is 0. The third-order valence-corrected chi connectivity index (χ3v) is 8.68. The van der Waals surface area contributed by atoms with E-state index in [1.54, 1.807) is 27.7 Å². The highest BCUT2D eigenvalue weighted by molar-refractivity contribution is 7.72. The first kappa shape index (κ1) is 21.7. The fraction of sp³-hybridized carbons (Fsp3) is 1.00. The Balaban J connectivity index is 5.68. The van der Waals surface area contributed by atoms with Crippen molar-refractivity contribution in [1.29, 1.82) is 0 Å². The normalized spacial score (nSPS) is 12.8. The summed E-state index contributed by atoms with van der Waals surface area (Å²) >= 11 is 0. The van der Waals surface area contributed by atoms with Crippen molar-refractivity contribution in [3.8, 4) is 0 Å². The van der Waals surface area contributed by atoms with Crippen LogP contribution in [0.15, 0.2) is 0 Å². The van der Waals surface area contributed by atoms with Crippen LogP contribution in [0.2, 0.25) is 0 Å². The third-order valence-electron chi connectivity index (χ3n) is 2.54. The van der Waals surface area contributed by atoms with Crippen LogP contribution < -0.4 is 0 Å². The lowest BCUT2D eigenvalue weighted by Gasteiger charge is -2.30. The van der Waals surface area contributed by atoms with Crippen LogP contribution in [0, 0.1) is 10.1 Å². The molecule has 0 aromatic rings. The monoisotopic (exact) mass is 361 g/mol. The zero-order valence-corrected chi connectivity index (χ0v) is 15.2. The highest BCUT2D eigenvalue weighted by Gasteiger charge is 2.51. The Labute approximate surface area is 130 Å². The van der Waals surface area contributed by atoms with Crippen LogP contribution in [-0.4, -0.2) is 43.3 Å². The van der Waals surface area contributed by atoms with E-state index in [0.717, 1.165) is 0 Å². The van der Waals surface area contributed by atoms with Crippen LogP contribution in [0.5, 0.6) is 0 Å². The molecule has 22 heavy (non-hydrogen) atoms. The first-order valence-electron chi connectivity index (χ1n) is 7.18. The fourth-order valence-electron chi connectivity index (χ4n) is 1.85. The molecule has 9 nitrogen and oxygen atoms in total. The lowest BCUT2D eigenvalue weighted by atomic mass is 10.5. The maximum atomic E-state index is 12.9. The SMILES string of the molecule is CCOP(=O)(OCC)C(CC[N+](=O)[O-])P(=O)(OCC)OCC. The molecule has 0 spiro atoms. The first-order chi connectivity index (χ1) is 10.3. The predicted octanol–water partition coefficient (Wildman–Crippen LogP) is 3.51. The second-order valence-corrected chi connectivity index (χ2v) is 8.92. The summed E-state index contributed by atoms with van der Waals surface area (Å²) in [5, 5.41) is 9.32. The molecule has 0 N–H and O–H groups in total. The molecule has 0 saturated carbocycles. The van der Waals surface area contributed by atoms with Crippen molar-refractivity contribution >= 4 is 15.2 Å². The quantitative estimate of drug-likeness (QED) is 0.278. The molecule has 0 aliphatic carbocycles. The molecule has 0 rings (SSSR count). The lowest BCUT2D eigenvalue weighted by molar-refractivity contribution is -0.480. The van der Waals surface area contributed by atoms with Gasteiger partial charge in [-0.3, -0.25) is 19.2 Å². The van der Waals surface area contributed by atoms with Crippen LogP contribution in [0.4, 0.5) is 0 Å². The van der Waals surface area contributed by atoms with E-state index in [-0.39, 0.29) is 32.8 Å². The lowest BCUT2D eigenvalue weighted by Crippen LogP contribution is -2.21. The van der Waals surface area contributed by atoms with Gasteiger partial charge in [0.2, 0.25) is 6.54 Å². The van der Waals surface area contributed by atoms with Crippen molar-refractivity contribution in [3.05, 3.63) is 10.1 Å². The van der Waals surface area contributed by atoms with Gasteiger partial charge in [0.1, 0.15) is 0 Å². The Bertz CT molecular complexity index is 380. The molecule has 132 valence electrons. The molecule has 0 atom stereocenters. The van der Waals surface area contributed by atoms with Crippen molar-refractivity contribution in [2.75, 3.05) is 33.0 Å². The summed E-state index contributed by atoms with van der Waals surface area (Å²) in [5.41, 5.74) is 0. The minimum absolute atomic E-state index is 0.0461. The molecule has 0 amide bonds. The average Bonchev–Trinajstić information content (AvgIpc) is 2.39. The number of nitro groups is 1. The average molecular weight is 361 g/mol. The van der Waals surface area contributed by atoms with Crippen molar-refractivity contribution in [1.82, 2.24) is 0 Å². The van der Waals surface area contributed by atoms with Crippen LogP contribution in [0.3, 0.4) is 0 Å². The van der Waals surface area contributed by atoms with E-state index in [1.807, 2.05) is 0 Å². The minimum Gasteiger partial charge on any atom is -0.308 e. The van der Waals surface area contributed by atoms with Gasteiger partial charge < -0.3 is 18.1 Å². The van der Waals surface area contributed by atoms with E-state index < -0.39 is 32.1 Å². The van der Waals surface area contributed by atoms with Crippen LogP contribution in [-0.2, 0) is 27.2 Å². The zero-order valence-electron chi connectivity index (χ0n) is 13.4. The summed E-state index contributed by atoms with van der Waals surface area (Å²) in [6.45, 7) is 6.04. The highest BCUT2D eigenvalue weighted by Crippen LogP contribution is 2.71. The topological polar surface area (TPSA) is 114 Å². The van der Waals surface area contributed by atoms with Gasteiger partial charge in [0.15, 0.2) is 5.40 Å². The molecule has 0 unspecified atom stereocenters. The maximum absolute atomic E-state index is 12.9. The van der Waals surface area contributed by atoms with Gasteiger partial charge in [0, 0.05) is 11.3 Å². The van der Waals surface area contributed by atoms with Crippen molar-refractivity contribution in [2.24, 2.45) is 0 Å². The molecule has 0 aromatic heterocycles. The molecule has 0 heterocycles. The van der Waals surface area contributed by atoms with Gasteiger partial charge in [-0.1, -0.05) is 0 Å². The summed E-state index contributed by atoms with van der Waals surface area (Å²) in [7, 11) is -7.77. The van der Waals surface area contributed by atoms with Gasteiger partial charge in [-0.2, -0.15) is 0 Å². The van der Waals surface area contributed by atoms with Gasteiger partial charge in [0.05, 0.1) is 26.4 Å². The van der Waals surface area contributed by atoms with Crippen LogP contribution in [0.1, 0.15) is 34.1 Å². The van der Waals surface area contributed by atoms with Crippen LogP contribution >= 0.6 is 15.2 Å². The van der Waals surface area contributed by atoms with E-state index in [0.29, 0.717) is 0 Å². The Morgan fingerprint density at radius 1 is 0.864 bits per heavy atom. The van der Waals surface area contributed by atoms with Crippen molar-refractivity contribution in [3.63, 3.8) is 0 Å². The van der Waals surface area contributed by atoms with Crippen LogP contribution in [0.25, 0.3) is 0 Å². The molecule has 0 saturated heterocycles. The van der Waals surface area contributed by atoms with Gasteiger partial charge in [-0.05, 0) is 27.7 Å². The second kappa shape index (κ2) is 10.5. The molecule has 0 bridgehead atoms. The molecular weight excluding hydrogens is 336 g/mol. The second-order valence-electron chi connectivity index (χ2n) is 4.08. The van der Waals surface area contributed by atoms with Gasteiger partial charge >= 0.3 is 15.2 Å². The van der Waals surface area contributed by atoms with Crippen molar-refractivity contribution < 1.29 is 32.1 Å². The first-order valence-corrected chi connectivity index (χ1v) is 10.4. The van der Waals surface area contributed by atoms with E-state index in [1.165, 1.54) is 0 Å². The smallest absolute Gasteiger partial charge is 0.308 e. The highest BCUT2D eigenvalue weighted by atomic mass is 31.2. The zero-order chi connectivity index (χ0) is 17.2. The number of rotatable bonds is 13.